The standard InChI is InChI=1S/C12H6O12.C8H10O9/c13-7(14)1-2(8(15)16)4(10(19)20)6(12(23)24)5(11(21)22)3(1)9(17)18;9-5(10)1-3(7(13)14)17-4(8(15)16)2-6(11)12/h(H,13,14)(H,15,16)(H,17,18)(H,19,20)(H,21,22)(H,23,24);3-4H,1-2H2,(H,9,10)(H,11,12)(H,13,14)(H,15,16). The molecule has 0 fully saturated rings. The van der Waals surface area contributed by atoms with Crippen molar-refractivity contribution in [2.24, 2.45) is 0 Å². The molecule has 41 heavy (non-hydrogen) atoms. The lowest BCUT2D eigenvalue weighted by Gasteiger charge is -2.16. The number of hydrogen-bond acceptors (Lipinski definition) is 11. The molecule has 2 atom stereocenters. The van der Waals surface area contributed by atoms with E-state index in [9.17, 15) is 47.9 Å². The van der Waals surface area contributed by atoms with Crippen molar-refractivity contribution >= 4 is 59.7 Å². The van der Waals surface area contributed by atoms with E-state index >= 15 is 0 Å². The maximum absolute atomic E-state index is 11.2. The van der Waals surface area contributed by atoms with Gasteiger partial charge in [0.25, 0.3) is 0 Å². The van der Waals surface area contributed by atoms with Crippen LogP contribution in [0.25, 0.3) is 0 Å². The van der Waals surface area contributed by atoms with Crippen LogP contribution in [-0.2, 0) is 23.9 Å². The molecule has 0 saturated heterocycles. The van der Waals surface area contributed by atoms with Gasteiger partial charge in [-0.3, -0.25) is 9.59 Å². The Morgan fingerprint density at radius 2 is 0.561 bits per heavy atom. The number of rotatable bonds is 14. The first-order valence-electron chi connectivity index (χ1n) is 9.85. The second-order valence-corrected chi connectivity index (χ2v) is 7.07. The van der Waals surface area contributed by atoms with Crippen LogP contribution in [0.2, 0.25) is 0 Å². The normalized spacial score (nSPS) is 11.5. The highest BCUT2D eigenvalue weighted by Gasteiger charge is 2.40. The second-order valence-electron chi connectivity index (χ2n) is 7.07. The van der Waals surface area contributed by atoms with Crippen LogP contribution in [0.5, 0.6) is 0 Å². The summed E-state index contributed by atoms with van der Waals surface area (Å²) in [5, 5.41) is 88.0. The summed E-state index contributed by atoms with van der Waals surface area (Å²) >= 11 is 0. The first-order valence-corrected chi connectivity index (χ1v) is 9.85. The molecule has 0 radical (unpaired) electrons. The molecule has 21 nitrogen and oxygen atoms in total. The monoisotopic (exact) mass is 592 g/mol. The number of carboxylic acids is 10. The van der Waals surface area contributed by atoms with Crippen LogP contribution >= 0.6 is 0 Å². The van der Waals surface area contributed by atoms with Crippen molar-refractivity contribution in [3.05, 3.63) is 33.4 Å². The zero-order valence-electron chi connectivity index (χ0n) is 19.5. The third-order valence-corrected chi connectivity index (χ3v) is 4.38. The SMILES string of the molecule is O=C(O)CC(OC(CC(=O)O)C(=O)O)C(=O)O.O=C(O)c1c(C(=O)O)c(C(=O)O)c(C(=O)O)c(C(=O)O)c1C(=O)O. The Bertz CT molecular complexity index is 1120. The van der Waals surface area contributed by atoms with Crippen molar-refractivity contribution in [3.63, 3.8) is 0 Å². The highest BCUT2D eigenvalue weighted by Crippen LogP contribution is 2.30. The molecule has 1 aromatic rings. The fraction of sp³-hybridized carbons (Fsp3) is 0.200. The molecule has 2 unspecified atom stereocenters. The molecule has 0 amide bonds. The summed E-state index contributed by atoms with van der Waals surface area (Å²) in [6, 6.07) is 0. The van der Waals surface area contributed by atoms with Crippen LogP contribution < -0.4 is 0 Å². The van der Waals surface area contributed by atoms with Gasteiger partial charge in [-0.25, -0.2) is 38.4 Å². The Kier molecular flexibility index (Phi) is 12.0. The van der Waals surface area contributed by atoms with Gasteiger partial charge in [-0.15, -0.1) is 0 Å². The molecule has 1 aromatic carbocycles. The summed E-state index contributed by atoms with van der Waals surface area (Å²) in [4.78, 5) is 109. The van der Waals surface area contributed by atoms with Crippen molar-refractivity contribution < 1.29 is 104 Å². The summed E-state index contributed by atoms with van der Waals surface area (Å²) in [7, 11) is 0. The molecule has 0 saturated carbocycles. The van der Waals surface area contributed by atoms with E-state index in [-0.39, 0.29) is 0 Å². The van der Waals surface area contributed by atoms with Crippen LogP contribution in [0.15, 0.2) is 0 Å². The molecule has 0 aliphatic heterocycles. The van der Waals surface area contributed by atoms with Crippen molar-refractivity contribution in [1.29, 1.82) is 0 Å². The number of carboxylic acid groups (broad SMARTS) is 10. The fourth-order valence-electron chi connectivity index (χ4n) is 2.94. The van der Waals surface area contributed by atoms with E-state index < -0.39 is 118 Å². The molecule has 0 heterocycles. The van der Waals surface area contributed by atoms with Gasteiger partial charge in [0.15, 0.2) is 12.2 Å². The Labute approximate surface area is 222 Å². The summed E-state index contributed by atoms with van der Waals surface area (Å²) in [5.74, 6) is -19.9. The first-order chi connectivity index (χ1) is 18.7. The number of benzene rings is 1. The van der Waals surface area contributed by atoms with E-state index in [0.29, 0.717) is 0 Å². The van der Waals surface area contributed by atoms with E-state index in [1.165, 1.54) is 0 Å². The molecule has 222 valence electrons. The number of hydrogen-bond donors (Lipinski definition) is 10. The molecule has 0 spiro atoms. The van der Waals surface area contributed by atoms with E-state index in [2.05, 4.69) is 4.74 Å². The Balaban J connectivity index is 0.000000831. The Morgan fingerprint density at radius 1 is 0.390 bits per heavy atom. The molecule has 1 rings (SSSR count). The summed E-state index contributed by atoms with van der Waals surface area (Å²) in [6.07, 6.45) is -5.74. The molecule has 21 heteroatoms. The van der Waals surface area contributed by atoms with Crippen LogP contribution in [0, 0.1) is 0 Å². The minimum absolute atomic E-state index is 0.960. The number of ether oxygens (including phenoxy) is 1. The topological polar surface area (TPSA) is 382 Å². The molecule has 0 aliphatic rings. The van der Waals surface area contributed by atoms with Crippen LogP contribution in [0.1, 0.15) is 75.0 Å². The Morgan fingerprint density at radius 3 is 0.659 bits per heavy atom. The molecule has 0 aliphatic carbocycles. The molecule has 0 aromatic heterocycles. The second kappa shape index (κ2) is 14.1. The van der Waals surface area contributed by atoms with Crippen molar-refractivity contribution in [2.75, 3.05) is 0 Å². The smallest absolute Gasteiger partial charge is 0.337 e. The quantitative estimate of drug-likeness (QED) is 0.120. The number of aliphatic carboxylic acids is 4. The number of aromatic carboxylic acids is 6. The number of carbonyl (C=O) groups is 10. The van der Waals surface area contributed by atoms with Gasteiger partial charge in [-0.05, 0) is 0 Å². The fourth-order valence-corrected chi connectivity index (χ4v) is 2.94. The minimum atomic E-state index is -2.26. The van der Waals surface area contributed by atoms with Crippen molar-refractivity contribution in [1.82, 2.24) is 0 Å². The van der Waals surface area contributed by atoms with Gasteiger partial charge in [-0.2, -0.15) is 0 Å². The maximum Gasteiger partial charge on any atom is 0.337 e. The van der Waals surface area contributed by atoms with E-state index in [4.69, 9.17) is 51.1 Å². The average molecular weight is 592 g/mol. The van der Waals surface area contributed by atoms with Gasteiger partial charge < -0.3 is 55.8 Å². The Hall–Kier alpha value is -6.12. The van der Waals surface area contributed by atoms with Gasteiger partial charge in [-0.1, -0.05) is 0 Å². The molecular formula is C20H16O21. The van der Waals surface area contributed by atoms with Crippen LogP contribution in [0.3, 0.4) is 0 Å². The summed E-state index contributed by atoms with van der Waals surface area (Å²) in [5.41, 5.74) is -9.95. The summed E-state index contributed by atoms with van der Waals surface area (Å²) in [6.45, 7) is 0. The van der Waals surface area contributed by atoms with Crippen molar-refractivity contribution in [3.8, 4) is 0 Å². The minimum Gasteiger partial charge on any atom is -0.481 e. The van der Waals surface area contributed by atoms with E-state index in [0.717, 1.165) is 0 Å². The zero-order valence-corrected chi connectivity index (χ0v) is 19.5. The van der Waals surface area contributed by atoms with Gasteiger partial charge in [0.2, 0.25) is 0 Å². The molecular weight excluding hydrogens is 576 g/mol. The lowest BCUT2D eigenvalue weighted by molar-refractivity contribution is -0.172. The van der Waals surface area contributed by atoms with Gasteiger partial charge in [0.05, 0.1) is 46.2 Å². The highest BCUT2D eigenvalue weighted by molar-refractivity contribution is 6.22. The lowest BCUT2D eigenvalue weighted by Crippen LogP contribution is -2.36. The van der Waals surface area contributed by atoms with Crippen LogP contribution in [0.4, 0.5) is 0 Å². The lowest BCUT2D eigenvalue weighted by atomic mass is 9.86. The maximum atomic E-state index is 11.2. The molecule has 0 bridgehead atoms. The third-order valence-electron chi connectivity index (χ3n) is 4.38. The van der Waals surface area contributed by atoms with Crippen molar-refractivity contribution in [2.45, 2.75) is 25.0 Å². The van der Waals surface area contributed by atoms with Crippen LogP contribution in [-0.4, -0.2) is 123 Å². The van der Waals surface area contributed by atoms with Gasteiger partial charge >= 0.3 is 59.7 Å². The predicted molar refractivity (Wildman–Crippen MR) is 117 cm³/mol. The average Bonchev–Trinajstić information content (AvgIpc) is 2.80. The zero-order chi connectivity index (χ0) is 32.5. The summed E-state index contributed by atoms with van der Waals surface area (Å²) < 4.78 is 4.43. The van der Waals surface area contributed by atoms with Gasteiger partial charge in [0.1, 0.15) is 0 Å². The predicted octanol–water partition coefficient (Wildman–Crippen LogP) is -1.27. The highest BCUT2D eigenvalue weighted by atomic mass is 16.5. The van der Waals surface area contributed by atoms with Gasteiger partial charge in [0, 0.05) is 0 Å². The largest absolute Gasteiger partial charge is 0.481 e. The van der Waals surface area contributed by atoms with E-state index in [1.54, 1.807) is 0 Å². The van der Waals surface area contributed by atoms with E-state index in [1.807, 2.05) is 0 Å². The third kappa shape index (κ3) is 8.99. The first kappa shape index (κ1) is 34.9. The molecule has 10 N–H and O–H groups in total.